The molecule has 0 heterocycles. The summed E-state index contributed by atoms with van der Waals surface area (Å²) < 4.78 is 11.0. The zero-order chi connectivity index (χ0) is 18.4. The minimum atomic E-state index is -0.796. The Hall–Kier alpha value is -2.55. The molecule has 0 saturated heterocycles. The summed E-state index contributed by atoms with van der Waals surface area (Å²) in [7, 11) is 1.48. The van der Waals surface area contributed by atoms with E-state index in [0.29, 0.717) is 29.9 Å². The minimum Gasteiger partial charge on any atom is -0.493 e. The van der Waals surface area contributed by atoms with Crippen molar-refractivity contribution in [1.29, 1.82) is 5.26 Å². The van der Waals surface area contributed by atoms with Gasteiger partial charge in [-0.15, -0.1) is 0 Å². The van der Waals surface area contributed by atoms with Crippen LogP contribution in [-0.4, -0.2) is 30.4 Å². The molecule has 1 aromatic carbocycles. The number of nitriles is 1. The van der Waals surface area contributed by atoms with Crippen molar-refractivity contribution < 1.29 is 19.1 Å². The summed E-state index contributed by atoms with van der Waals surface area (Å²) in [5.74, 6) is 0.356. The highest BCUT2D eigenvalue weighted by Gasteiger charge is 2.35. The molecule has 1 atom stereocenters. The van der Waals surface area contributed by atoms with E-state index in [1.165, 1.54) is 14.0 Å². The Morgan fingerprint density at radius 3 is 2.48 bits per heavy atom. The molecule has 6 heteroatoms. The summed E-state index contributed by atoms with van der Waals surface area (Å²) in [5.41, 5.74) is -0.290. The van der Waals surface area contributed by atoms with E-state index < -0.39 is 11.6 Å². The first-order valence-corrected chi connectivity index (χ1v) is 8.50. The summed E-state index contributed by atoms with van der Waals surface area (Å²) >= 11 is 0. The summed E-state index contributed by atoms with van der Waals surface area (Å²) in [6.45, 7) is 3.10. The number of ether oxygens (including phenoxy) is 2. The summed E-state index contributed by atoms with van der Waals surface area (Å²) in [4.78, 5) is 23.9. The predicted octanol–water partition coefficient (Wildman–Crippen LogP) is 3.01. The molecule has 1 aliphatic carbocycles. The van der Waals surface area contributed by atoms with Crippen LogP contribution in [0.3, 0.4) is 0 Å². The van der Waals surface area contributed by atoms with Gasteiger partial charge in [-0.25, -0.2) is 0 Å². The molecule has 0 spiro atoms. The number of hydrogen-bond donors (Lipinski definition) is 1. The molecule has 1 saturated carbocycles. The zero-order valence-corrected chi connectivity index (χ0v) is 14.9. The number of Topliss-reactive ketones (excluding diaryl/α,β-unsaturated/α-hetero) is 1. The van der Waals surface area contributed by atoms with E-state index in [-0.39, 0.29) is 11.7 Å². The van der Waals surface area contributed by atoms with Gasteiger partial charge in [-0.05, 0) is 44.9 Å². The monoisotopic (exact) mass is 344 g/mol. The first kappa shape index (κ1) is 18.8. The minimum absolute atomic E-state index is 0.0797. The molecule has 1 aromatic rings. The number of nitrogens with one attached hydrogen (secondary N) is 1. The first-order valence-electron chi connectivity index (χ1n) is 8.50. The molecule has 2 rings (SSSR count). The highest BCUT2D eigenvalue weighted by Crippen LogP contribution is 2.30. The Bertz CT molecular complexity index is 687. The van der Waals surface area contributed by atoms with Crippen molar-refractivity contribution in [2.45, 2.75) is 57.6 Å². The molecule has 1 N–H and O–H groups in total. The van der Waals surface area contributed by atoms with Gasteiger partial charge in [-0.1, -0.05) is 19.3 Å². The van der Waals surface area contributed by atoms with Crippen molar-refractivity contribution in [1.82, 2.24) is 5.32 Å². The fourth-order valence-electron chi connectivity index (χ4n) is 2.99. The quantitative estimate of drug-likeness (QED) is 0.801. The maximum Gasteiger partial charge on any atom is 0.262 e. The van der Waals surface area contributed by atoms with Crippen molar-refractivity contribution in [3.63, 3.8) is 0 Å². The van der Waals surface area contributed by atoms with Gasteiger partial charge >= 0.3 is 0 Å². The summed E-state index contributed by atoms with van der Waals surface area (Å²) in [6.07, 6.45) is 3.50. The number of carbonyl (C=O) groups is 2. The van der Waals surface area contributed by atoms with E-state index in [0.717, 1.165) is 19.3 Å². The van der Waals surface area contributed by atoms with Gasteiger partial charge in [0.1, 0.15) is 5.54 Å². The lowest BCUT2D eigenvalue weighted by Gasteiger charge is -2.32. The molecule has 0 bridgehead atoms. The number of benzene rings is 1. The Kier molecular flexibility index (Phi) is 6.02. The van der Waals surface area contributed by atoms with Crippen LogP contribution in [0, 0.1) is 11.3 Å². The number of methoxy groups -OCH3 is 1. The smallest absolute Gasteiger partial charge is 0.262 e. The Morgan fingerprint density at radius 1 is 1.24 bits per heavy atom. The van der Waals surface area contributed by atoms with Crippen LogP contribution in [0.1, 0.15) is 56.3 Å². The van der Waals surface area contributed by atoms with Gasteiger partial charge in [0, 0.05) is 5.56 Å². The molecule has 1 amide bonds. The second-order valence-electron chi connectivity index (χ2n) is 6.43. The van der Waals surface area contributed by atoms with Crippen molar-refractivity contribution in [2.75, 3.05) is 7.11 Å². The van der Waals surface area contributed by atoms with E-state index in [2.05, 4.69) is 11.4 Å². The molecule has 1 fully saturated rings. The van der Waals surface area contributed by atoms with Gasteiger partial charge in [0.25, 0.3) is 5.91 Å². The van der Waals surface area contributed by atoms with Crippen molar-refractivity contribution in [2.24, 2.45) is 0 Å². The lowest BCUT2D eigenvalue weighted by Crippen LogP contribution is -2.52. The van der Waals surface area contributed by atoms with E-state index in [9.17, 15) is 14.9 Å². The second kappa shape index (κ2) is 8.02. The Labute approximate surface area is 148 Å². The van der Waals surface area contributed by atoms with Gasteiger partial charge in [-0.3, -0.25) is 9.59 Å². The third-order valence-electron chi connectivity index (χ3n) is 4.53. The van der Waals surface area contributed by atoms with Crippen LogP contribution in [0.15, 0.2) is 18.2 Å². The molecular weight excluding hydrogens is 320 g/mol. The van der Waals surface area contributed by atoms with E-state index in [1.807, 2.05) is 0 Å². The van der Waals surface area contributed by atoms with Crippen LogP contribution in [0.4, 0.5) is 0 Å². The first-order chi connectivity index (χ1) is 11.9. The molecule has 0 aromatic heterocycles. The number of carbonyl (C=O) groups excluding carboxylic acids is 2. The van der Waals surface area contributed by atoms with E-state index in [4.69, 9.17) is 9.47 Å². The third kappa shape index (κ3) is 4.50. The molecule has 1 aliphatic rings. The van der Waals surface area contributed by atoms with Crippen LogP contribution in [-0.2, 0) is 4.79 Å². The Morgan fingerprint density at radius 2 is 1.92 bits per heavy atom. The van der Waals surface area contributed by atoms with Gasteiger partial charge in [-0.2, -0.15) is 5.26 Å². The molecule has 0 radical (unpaired) electrons. The average molecular weight is 344 g/mol. The maximum absolute atomic E-state index is 12.5. The van der Waals surface area contributed by atoms with E-state index in [1.54, 1.807) is 25.1 Å². The molecule has 6 nitrogen and oxygen atoms in total. The molecule has 1 unspecified atom stereocenters. The van der Waals surface area contributed by atoms with E-state index >= 15 is 0 Å². The third-order valence-corrected chi connectivity index (χ3v) is 4.53. The number of nitrogens with zero attached hydrogens (tertiary/aromatic N) is 1. The fraction of sp³-hybridized carbons (Fsp3) is 0.526. The number of amides is 1. The van der Waals surface area contributed by atoms with Crippen molar-refractivity contribution in [3.05, 3.63) is 23.8 Å². The second-order valence-corrected chi connectivity index (χ2v) is 6.43. The fourth-order valence-corrected chi connectivity index (χ4v) is 2.99. The number of ketones is 1. The summed E-state index contributed by atoms with van der Waals surface area (Å²) in [6, 6.07) is 7.08. The van der Waals surface area contributed by atoms with Crippen LogP contribution >= 0.6 is 0 Å². The largest absolute Gasteiger partial charge is 0.493 e. The topological polar surface area (TPSA) is 88.4 Å². The number of rotatable bonds is 6. The summed E-state index contributed by atoms with van der Waals surface area (Å²) in [5, 5.41) is 12.3. The standard InChI is InChI=1S/C19H24N2O4/c1-13(22)15-7-8-16(17(11-15)24-3)25-14(2)18(23)21-19(12-20)9-5-4-6-10-19/h7-8,11,14H,4-6,9-10H2,1-3H3,(H,21,23). The normalized spacial score (nSPS) is 17.0. The zero-order valence-electron chi connectivity index (χ0n) is 14.9. The molecular formula is C19H24N2O4. The van der Waals surface area contributed by atoms with Crippen molar-refractivity contribution >= 4 is 11.7 Å². The predicted molar refractivity (Wildman–Crippen MR) is 92.7 cm³/mol. The number of hydrogen-bond acceptors (Lipinski definition) is 5. The van der Waals surface area contributed by atoms with Gasteiger partial charge in [0.2, 0.25) is 0 Å². The van der Waals surface area contributed by atoms with Gasteiger partial charge < -0.3 is 14.8 Å². The van der Waals surface area contributed by atoms with Crippen LogP contribution in [0.5, 0.6) is 11.5 Å². The molecule has 25 heavy (non-hydrogen) atoms. The van der Waals surface area contributed by atoms with Crippen LogP contribution in [0.25, 0.3) is 0 Å². The van der Waals surface area contributed by atoms with Crippen LogP contribution < -0.4 is 14.8 Å². The lowest BCUT2D eigenvalue weighted by molar-refractivity contribution is -0.129. The molecule has 0 aliphatic heterocycles. The van der Waals surface area contributed by atoms with Gasteiger partial charge in [0.15, 0.2) is 23.4 Å². The average Bonchev–Trinajstić information content (AvgIpc) is 2.62. The van der Waals surface area contributed by atoms with Crippen molar-refractivity contribution in [3.8, 4) is 17.6 Å². The lowest BCUT2D eigenvalue weighted by atomic mass is 9.83. The highest BCUT2D eigenvalue weighted by molar-refractivity contribution is 5.94. The van der Waals surface area contributed by atoms with Crippen LogP contribution in [0.2, 0.25) is 0 Å². The highest BCUT2D eigenvalue weighted by atomic mass is 16.5. The maximum atomic E-state index is 12.5. The Balaban J connectivity index is 2.08. The van der Waals surface area contributed by atoms with Gasteiger partial charge in [0.05, 0.1) is 13.2 Å². The molecule has 134 valence electrons. The SMILES string of the molecule is COc1cc(C(C)=O)ccc1OC(C)C(=O)NC1(C#N)CCCCC1.